The first-order valence-corrected chi connectivity index (χ1v) is 12.4. The second-order valence-electron chi connectivity index (χ2n) is 7.94. The van der Waals surface area contributed by atoms with Crippen molar-refractivity contribution in [3.8, 4) is 0 Å². The van der Waals surface area contributed by atoms with Gasteiger partial charge in [0.05, 0.1) is 0 Å². The molecule has 0 saturated heterocycles. The second-order valence-corrected chi connectivity index (χ2v) is 10.5. The Kier molecular flexibility index (Phi) is 7.35. The van der Waals surface area contributed by atoms with E-state index in [1.165, 1.54) is 31.1 Å². The number of rotatable bonds is 8. The van der Waals surface area contributed by atoms with Crippen LogP contribution in [-0.2, 0) is 10.0 Å². The van der Waals surface area contributed by atoms with Crippen LogP contribution in [0.1, 0.15) is 57.4 Å². The molecule has 148 valence electrons. The van der Waals surface area contributed by atoms with Crippen LogP contribution in [0.2, 0.25) is 0 Å². The van der Waals surface area contributed by atoms with Gasteiger partial charge in [0.25, 0.3) is 0 Å². The minimum atomic E-state index is -3.44. The fraction of sp³-hybridized carbons (Fsp3) is 0.545. The van der Waals surface area contributed by atoms with Gasteiger partial charge in [-0.25, -0.2) is 13.1 Å². The Balaban J connectivity index is 1.64. The van der Waals surface area contributed by atoms with Gasteiger partial charge in [0.1, 0.15) is 0 Å². The fourth-order valence-corrected chi connectivity index (χ4v) is 6.07. The topological polar surface area (TPSA) is 46.2 Å². The van der Waals surface area contributed by atoms with E-state index in [9.17, 15) is 8.42 Å². The molecule has 1 aromatic rings. The van der Waals surface area contributed by atoms with Crippen LogP contribution in [0.4, 0.5) is 0 Å². The molecule has 3 aliphatic rings. The maximum Gasteiger partial charge on any atom is 0.233 e. The SMILES string of the molecule is CCCCC=CC1CC2CCC1C(NS(=O)(=O)C=Cc1cccc(Br)c1)C2. The minimum Gasteiger partial charge on any atom is -0.208 e. The lowest BCUT2D eigenvalue weighted by molar-refractivity contribution is 0.0950. The zero-order valence-corrected chi connectivity index (χ0v) is 18.4. The lowest BCUT2D eigenvalue weighted by atomic mass is 9.62. The molecule has 4 unspecified atom stereocenters. The van der Waals surface area contributed by atoms with Crippen molar-refractivity contribution in [1.29, 1.82) is 0 Å². The van der Waals surface area contributed by atoms with E-state index in [-0.39, 0.29) is 6.04 Å². The summed E-state index contributed by atoms with van der Waals surface area (Å²) < 4.78 is 29.1. The molecule has 0 aromatic heterocycles. The van der Waals surface area contributed by atoms with Crippen molar-refractivity contribution in [3.05, 3.63) is 51.9 Å². The first-order valence-electron chi connectivity index (χ1n) is 10.1. The number of nitrogens with one attached hydrogen (secondary N) is 1. The lowest BCUT2D eigenvalue weighted by Gasteiger charge is -2.46. The van der Waals surface area contributed by atoms with Gasteiger partial charge in [0, 0.05) is 15.9 Å². The van der Waals surface area contributed by atoms with Crippen molar-refractivity contribution in [2.75, 3.05) is 0 Å². The van der Waals surface area contributed by atoms with Crippen LogP contribution >= 0.6 is 15.9 Å². The molecule has 1 aromatic carbocycles. The molecular formula is C22H30BrNO2S. The zero-order valence-electron chi connectivity index (χ0n) is 16.0. The van der Waals surface area contributed by atoms with Crippen molar-refractivity contribution in [2.45, 2.75) is 57.9 Å². The van der Waals surface area contributed by atoms with Gasteiger partial charge < -0.3 is 0 Å². The van der Waals surface area contributed by atoms with Gasteiger partial charge in [-0.2, -0.15) is 0 Å². The molecule has 3 fully saturated rings. The van der Waals surface area contributed by atoms with E-state index in [2.05, 4.69) is 39.7 Å². The average Bonchev–Trinajstić information content (AvgIpc) is 2.64. The molecular weight excluding hydrogens is 422 g/mol. The Labute approximate surface area is 172 Å². The molecule has 3 saturated carbocycles. The summed E-state index contributed by atoms with van der Waals surface area (Å²) in [5, 5.41) is 1.31. The summed E-state index contributed by atoms with van der Waals surface area (Å²) in [6.07, 6.45) is 14.5. The molecule has 3 nitrogen and oxygen atoms in total. The van der Waals surface area contributed by atoms with Crippen molar-refractivity contribution >= 4 is 32.0 Å². The molecule has 1 N–H and O–H groups in total. The quantitative estimate of drug-likeness (QED) is 0.395. The van der Waals surface area contributed by atoms with Crippen molar-refractivity contribution in [3.63, 3.8) is 0 Å². The van der Waals surface area contributed by atoms with E-state index in [4.69, 9.17) is 0 Å². The Bertz CT molecular complexity index is 787. The summed E-state index contributed by atoms with van der Waals surface area (Å²) in [6.45, 7) is 2.21. The van der Waals surface area contributed by atoms with Gasteiger partial charge >= 0.3 is 0 Å². The van der Waals surface area contributed by atoms with Crippen LogP contribution in [0.15, 0.2) is 46.3 Å². The molecule has 0 aliphatic heterocycles. The molecule has 0 heterocycles. The Morgan fingerprint density at radius 3 is 2.85 bits per heavy atom. The van der Waals surface area contributed by atoms with Crippen LogP contribution in [0.25, 0.3) is 6.08 Å². The first kappa shape index (κ1) is 20.8. The maximum absolute atomic E-state index is 12.6. The highest BCUT2D eigenvalue weighted by Crippen LogP contribution is 2.46. The summed E-state index contributed by atoms with van der Waals surface area (Å²) >= 11 is 3.42. The minimum absolute atomic E-state index is 0.0653. The largest absolute Gasteiger partial charge is 0.233 e. The number of allylic oxidation sites excluding steroid dienone is 2. The van der Waals surface area contributed by atoms with E-state index in [0.717, 1.165) is 29.3 Å². The first-order chi connectivity index (χ1) is 13.0. The lowest BCUT2D eigenvalue weighted by Crippen LogP contribution is -2.49. The molecule has 3 aliphatic carbocycles. The van der Waals surface area contributed by atoms with E-state index < -0.39 is 10.0 Å². The molecule has 0 radical (unpaired) electrons. The molecule has 0 amide bonds. The summed E-state index contributed by atoms with van der Waals surface area (Å²) in [5.41, 5.74) is 0.872. The number of benzene rings is 1. The highest BCUT2D eigenvalue weighted by Gasteiger charge is 2.42. The summed E-state index contributed by atoms with van der Waals surface area (Å²) in [5.74, 6) is 1.61. The second kappa shape index (κ2) is 9.53. The molecule has 4 rings (SSSR count). The summed E-state index contributed by atoms with van der Waals surface area (Å²) in [6, 6.07) is 7.70. The zero-order chi connectivity index (χ0) is 19.3. The van der Waals surface area contributed by atoms with Gasteiger partial charge in [0.2, 0.25) is 10.0 Å². The normalized spacial score (nSPS) is 28.4. The van der Waals surface area contributed by atoms with Crippen molar-refractivity contribution < 1.29 is 8.42 Å². The van der Waals surface area contributed by atoms with Gasteiger partial charge in [-0.05, 0) is 67.2 Å². The standard InChI is InChI=1S/C22H30BrNO2S/c1-2-3-4-5-8-19-14-18-10-11-21(19)22(16-18)24-27(25,26)13-12-17-7-6-9-20(23)15-17/h5-9,12-13,15,18-19,21-22,24H,2-4,10-11,14,16H2,1H3. The van der Waals surface area contributed by atoms with Crippen LogP contribution in [-0.4, -0.2) is 14.5 Å². The molecule has 4 atom stereocenters. The number of unbranched alkanes of at least 4 members (excludes halogenated alkanes) is 2. The van der Waals surface area contributed by atoms with Gasteiger partial charge in [0.15, 0.2) is 0 Å². The van der Waals surface area contributed by atoms with Gasteiger partial charge in [-0.1, -0.05) is 66.4 Å². The number of halogens is 1. The Morgan fingerprint density at radius 1 is 1.26 bits per heavy atom. The van der Waals surface area contributed by atoms with Gasteiger partial charge in [-0.15, -0.1) is 0 Å². The number of hydrogen-bond acceptors (Lipinski definition) is 2. The highest BCUT2D eigenvalue weighted by atomic mass is 79.9. The third-order valence-corrected chi connectivity index (χ3v) is 7.50. The molecule has 0 spiro atoms. The van der Waals surface area contributed by atoms with Crippen LogP contribution in [0.3, 0.4) is 0 Å². The summed E-state index contributed by atoms with van der Waals surface area (Å²) in [7, 11) is -3.44. The predicted molar refractivity (Wildman–Crippen MR) is 117 cm³/mol. The smallest absolute Gasteiger partial charge is 0.208 e. The van der Waals surface area contributed by atoms with E-state index in [0.29, 0.717) is 17.8 Å². The third kappa shape index (κ3) is 6.03. The molecule has 5 heteroatoms. The fourth-order valence-electron chi connectivity index (χ4n) is 4.55. The molecule has 27 heavy (non-hydrogen) atoms. The van der Waals surface area contributed by atoms with E-state index >= 15 is 0 Å². The van der Waals surface area contributed by atoms with Crippen LogP contribution < -0.4 is 4.72 Å². The monoisotopic (exact) mass is 451 g/mol. The Hall–Kier alpha value is -0.910. The van der Waals surface area contributed by atoms with E-state index in [1.807, 2.05) is 24.3 Å². The van der Waals surface area contributed by atoms with E-state index in [1.54, 1.807) is 6.08 Å². The van der Waals surface area contributed by atoms with Gasteiger partial charge in [-0.3, -0.25) is 0 Å². The third-order valence-electron chi connectivity index (χ3n) is 5.88. The average molecular weight is 452 g/mol. The van der Waals surface area contributed by atoms with Crippen molar-refractivity contribution in [2.24, 2.45) is 17.8 Å². The number of sulfonamides is 1. The highest BCUT2D eigenvalue weighted by molar-refractivity contribution is 9.10. The van der Waals surface area contributed by atoms with Crippen LogP contribution in [0, 0.1) is 17.8 Å². The predicted octanol–water partition coefficient (Wildman–Crippen LogP) is 5.89. The number of hydrogen-bond donors (Lipinski definition) is 1. The molecule has 2 bridgehead atoms. The summed E-state index contributed by atoms with van der Waals surface area (Å²) in [4.78, 5) is 0. The Morgan fingerprint density at radius 2 is 2.11 bits per heavy atom. The maximum atomic E-state index is 12.6. The number of fused-ring (bicyclic) bond motifs is 3. The van der Waals surface area contributed by atoms with Crippen LogP contribution in [0.5, 0.6) is 0 Å². The van der Waals surface area contributed by atoms with Crippen molar-refractivity contribution in [1.82, 2.24) is 4.72 Å².